The molecule has 2 atom stereocenters. The third-order valence-corrected chi connectivity index (χ3v) is 4.28. The highest BCUT2D eigenvalue weighted by molar-refractivity contribution is 4.69. The van der Waals surface area contributed by atoms with Gasteiger partial charge in [-0.3, -0.25) is 0 Å². The molecule has 0 aliphatic carbocycles. The normalized spacial score (nSPS) is 14.7. The van der Waals surface area contributed by atoms with Crippen LogP contribution in [0, 0.1) is 11.8 Å². The molecule has 0 aromatic carbocycles. The maximum absolute atomic E-state index is 9.57. The molecule has 0 aromatic rings. The van der Waals surface area contributed by atoms with Crippen LogP contribution in [0.2, 0.25) is 0 Å². The number of hydrogen-bond acceptors (Lipinski definition) is 1. The molecule has 0 saturated carbocycles. The van der Waals surface area contributed by atoms with Crippen LogP contribution < -0.4 is 0 Å². The molecule has 1 N–H and O–H groups in total. The summed E-state index contributed by atoms with van der Waals surface area (Å²) in [7, 11) is 0. The van der Waals surface area contributed by atoms with E-state index in [-0.39, 0.29) is 0 Å². The van der Waals surface area contributed by atoms with Crippen molar-refractivity contribution in [2.24, 2.45) is 11.8 Å². The van der Waals surface area contributed by atoms with Gasteiger partial charge in [-0.05, 0) is 18.3 Å². The molecule has 0 amide bonds. The first-order chi connectivity index (χ1) is 8.79. The minimum Gasteiger partial charge on any atom is -0.396 e. The highest BCUT2D eigenvalue weighted by Crippen LogP contribution is 2.27. The lowest BCUT2D eigenvalue weighted by Crippen LogP contribution is -2.18. The highest BCUT2D eigenvalue weighted by Gasteiger charge is 2.18. The Bertz CT molecular complexity index is 156. The Morgan fingerprint density at radius 1 is 0.667 bits per heavy atom. The minimum absolute atomic E-state index is 0.400. The van der Waals surface area contributed by atoms with Crippen molar-refractivity contribution >= 4 is 0 Å². The molecule has 1 heteroatoms. The zero-order valence-corrected chi connectivity index (χ0v) is 13.1. The van der Waals surface area contributed by atoms with E-state index >= 15 is 0 Å². The molecule has 110 valence electrons. The molecule has 0 spiro atoms. The summed E-state index contributed by atoms with van der Waals surface area (Å²) in [6.07, 6.45) is 14.6. The van der Waals surface area contributed by atoms with Crippen LogP contribution in [-0.2, 0) is 0 Å². The summed E-state index contributed by atoms with van der Waals surface area (Å²) in [6.45, 7) is 7.21. The van der Waals surface area contributed by atoms with Gasteiger partial charge in [0, 0.05) is 6.61 Å². The maximum Gasteiger partial charge on any atom is 0.0461 e. The van der Waals surface area contributed by atoms with E-state index < -0.39 is 0 Å². The summed E-state index contributed by atoms with van der Waals surface area (Å²) in [4.78, 5) is 0. The molecule has 0 heterocycles. The van der Waals surface area contributed by atoms with E-state index in [4.69, 9.17) is 0 Å². The van der Waals surface area contributed by atoms with Crippen molar-refractivity contribution in [3.8, 4) is 0 Å². The summed E-state index contributed by atoms with van der Waals surface area (Å²) < 4.78 is 0. The van der Waals surface area contributed by atoms with Gasteiger partial charge in [-0.15, -0.1) is 0 Å². The Morgan fingerprint density at radius 3 is 1.72 bits per heavy atom. The van der Waals surface area contributed by atoms with E-state index in [9.17, 15) is 5.11 Å². The third-order valence-electron chi connectivity index (χ3n) is 4.28. The first kappa shape index (κ1) is 18.0. The van der Waals surface area contributed by atoms with Crippen LogP contribution >= 0.6 is 0 Å². The Kier molecular flexibility index (Phi) is 13.4. The van der Waals surface area contributed by atoms with E-state index in [0.717, 1.165) is 5.92 Å². The summed E-state index contributed by atoms with van der Waals surface area (Å²) in [5.74, 6) is 1.32. The topological polar surface area (TPSA) is 20.2 Å². The lowest BCUT2D eigenvalue weighted by molar-refractivity contribution is 0.152. The Balaban J connectivity index is 3.79. The fourth-order valence-corrected chi connectivity index (χ4v) is 2.92. The van der Waals surface area contributed by atoms with Gasteiger partial charge in [0.2, 0.25) is 0 Å². The zero-order chi connectivity index (χ0) is 13.6. The average Bonchev–Trinajstić information content (AvgIpc) is 2.40. The Labute approximate surface area is 115 Å². The van der Waals surface area contributed by atoms with Crippen molar-refractivity contribution in [2.45, 2.75) is 91.4 Å². The van der Waals surface area contributed by atoms with Gasteiger partial charge in [0.15, 0.2) is 0 Å². The molecule has 2 unspecified atom stereocenters. The molecule has 0 aliphatic heterocycles. The van der Waals surface area contributed by atoms with Crippen LogP contribution in [0.1, 0.15) is 91.4 Å². The van der Waals surface area contributed by atoms with E-state index in [1.165, 1.54) is 70.6 Å². The molecular weight excluding hydrogens is 220 g/mol. The van der Waals surface area contributed by atoms with Crippen molar-refractivity contribution in [3.63, 3.8) is 0 Å². The molecule has 0 fully saturated rings. The van der Waals surface area contributed by atoms with E-state index in [0.29, 0.717) is 12.5 Å². The second-order valence-corrected chi connectivity index (χ2v) is 5.81. The van der Waals surface area contributed by atoms with Gasteiger partial charge in [0.05, 0.1) is 0 Å². The largest absolute Gasteiger partial charge is 0.396 e. The molecule has 0 bridgehead atoms. The summed E-state index contributed by atoms with van der Waals surface area (Å²) in [5.41, 5.74) is 0. The quantitative estimate of drug-likeness (QED) is 0.428. The molecule has 0 rings (SSSR count). The van der Waals surface area contributed by atoms with Crippen molar-refractivity contribution in [3.05, 3.63) is 0 Å². The second-order valence-electron chi connectivity index (χ2n) is 5.81. The van der Waals surface area contributed by atoms with Gasteiger partial charge in [0.1, 0.15) is 0 Å². The van der Waals surface area contributed by atoms with Crippen LogP contribution in [0.15, 0.2) is 0 Å². The summed E-state index contributed by atoms with van der Waals surface area (Å²) in [5, 5.41) is 9.57. The van der Waals surface area contributed by atoms with Crippen LogP contribution in [-0.4, -0.2) is 11.7 Å². The Hall–Kier alpha value is -0.0400. The van der Waals surface area contributed by atoms with Gasteiger partial charge in [0.25, 0.3) is 0 Å². The van der Waals surface area contributed by atoms with Crippen molar-refractivity contribution in [2.75, 3.05) is 6.61 Å². The van der Waals surface area contributed by atoms with Gasteiger partial charge in [-0.1, -0.05) is 85.0 Å². The van der Waals surface area contributed by atoms with Gasteiger partial charge < -0.3 is 5.11 Å². The predicted molar refractivity (Wildman–Crippen MR) is 81.9 cm³/mol. The van der Waals surface area contributed by atoms with Crippen molar-refractivity contribution in [1.82, 2.24) is 0 Å². The third kappa shape index (κ3) is 8.97. The minimum atomic E-state index is 0.400. The monoisotopic (exact) mass is 256 g/mol. The fraction of sp³-hybridized carbons (Fsp3) is 1.00. The number of rotatable bonds is 13. The van der Waals surface area contributed by atoms with Crippen LogP contribution in [0.25, 0.3) is 0 Å². The standard InChI is InChI=1S/C17H36O/c1-4-7-9-10-12-13-16(6-3)17(15-18)14-11-8-5-2/h16-18H,4-15H2,1-3H3. The van der Waals surface area contributed by atoms with Crippen LogP contribution in [0.3, 0.4) is 0 Å². The lowest BCUT2D eigenvalue weighted by atomic mass is 9.83. The number of hydrogen-bond donors (Lipinski definition) is 1. The van der Waals surface area contributed by atoms with Gasteiger partial charge in [-0.2, -0.15) is 0 Å². The van der Waals surface area contributed by atoms with Gasteiger partial charge in [-0.25, -0.2) is 0 Å². The number of unbranched alkanes of at least 4 members (excludes halogenated alkanes) is 6. The van der Waals surface area contributed by atoms with Gasteiger partial charge >= 0.3 is 0 Å². The number of aliphatic hydroxyl groups excluding tert-OH is 1. The van der Waals surface area contributed by atoms with Crippen molar-refractivity contribution in [1.29, 1.82) is 0 Å². The zero-order valence-electron chi connectivity index (χ0n) is 13.1. The average molecular weight is 256 g/mol. The number of aliphatic hydroxyl groups is 1. The van der Waals surface area contributed by atoms with E-state index in [1.807, 2.05) is 0 Å². The SMILES string of the molecule is CCCCCCCC(CC)C(CO)CCCCC. The maximum atomic E-state index is 9.57. The summed E-state index contributed by atoms with van der Waals surface area (Å²) >= 11 is 0. The van der Waals surface area contributed by atoms with Crippen LogP contribution in [0.5, 0.6) is 0 Å². The molecule has 0 radical (unpaired) electrons. The predicted octanol–water partition coefficient (Wildman–Crippen LogP) is 5.56. The lowest BCUT2D eigenvalue weighted by Gasteiger charge is -2.24. The highest BCUT2D eigenvalue weighted by atomic mass is 16.3. The van der Waals surface area contributed by atoms with Crippen LogP contribution in [0.4, 0.5) is 0 Å². The first-order valence-electron chi connectivity index (χ1n) is 8.40. The molecule has 0 aliphatic rings. The molecule has 18 heavy (non-hydrogen) atoms. The Morgan fingerprint density at radius 2 is 1.17 bits per heavy atom. The van der Waals surface area contributed by atoms with E-state index in [2.05, 4.69) is 20.8 Å². The van der Waals surface area contributed by atoms with E-state index in [1.54, 1.807) is 0 Å². The molecule has 0 saturated heterocycles. The molecule has 0 aromatic heterocycles. The van der Waals surface area contributed by atoms with Crippen molar-refractivity contribution < 1.29 is 5.11 Å². The summed E-state index contributed by atoms with van der Waals surface area (Å²) in [6, 6.07) is 0. The fourth-order valence-electron chi connectivity index (χ4n) is 2.92. The molecule has 1 nitrogen and oxygen atoms in total. The second kappa shape index (κ2) is 13.4. The smallest absolute Gasteiger partial charge is 0.0461 e. The molecular formula is C17H36O. The first-order valence-corrected chi connectivity index (χ1v) is 8.40.